The van der Waals surface area contributed by atoms with Gasteiger partial charge in [0.15, 0.2) is 5.82 Å². The molecule has 2 amide bonds. The van der Waals surface area contributed by atoms with Crippen LogP contribution in [0.25, 0.3) is 0 Å². The molecular weight excluding hydrogens is 301 g/mol. The van der Waals surface area contributed by atoms with Crippen LogP contribution < -0.4 is 5.32 Å². The van der Waals surface area contributed by atoms with E-state index in [-0.39, 0.29) is 24.1 Å². The van der Waals surface area contributed by atoms with Crippen molar-refractivity contribution in [1.82, 2.24) is 9.88 Å². The maximum Gasteiger partial charge on any atom is 0.321 e. The first-order chi connectivity index (χ1) is 10.8. The van der Waals surface area contributed by atoms with E-state index in [1.165, 1.54) is 17.2 Å². The number of pyridine rings is 1. The van der Waals surface area contributed by atoms with Crippen LogP contribution in [0.4, 0.5) is 14.9 Å². The number of carbonyl (C=O) groups excluding carboxylic acids is 2. The van der Waals surface area contributed by atoms with Gasteiger partial charge in [-0.1, -0.05) is 0 Å². The molecule has 2 heterocycles. The van der Waals surface area contributed by atoms with Crippen molar-refractivity contribution in [3.8, 4) is 0 Å². The molecule has 23 heavy (non-hydrogen) atoms. The Morgan fingerprint density at radius 2 is 2.17 bits per heavy atom. The third-order valence-corrected chi connectivity index (χ3v) is 3.46. The van der Waals surface area contributed by atoms with Crippen molar-refractivity contribution in [2.24, 2.45) is 5.92 Å². The minimum absolute atomic E-state index is 0.0735. The summed E-state index contributed by atoms with van der Waals surface area (Å²) < 4.78 is 18.9. The van der Waals surface area contributed by atoms with E-state index < -0.39 is 17.4 Å². The van der Waals surface area contributed by atoms with Crippen molar-refractivity contribution in [3.05, 3.63) is 24.3 Å². The van der Waals surface area contributed by atoms with Crippen LogP contribution in [-0.2, 0) is 9.53 Å². The maximum absolute atomic E-state index is 13.5. The summed E-state index contributed by atoms with van der Waals surface area (Å²) >= 11 is 0. The molecule has 7 heteroatoms. The van der Waals surface area contributed by atoms with E-state index in [0.29, 0.717) is 19.4 Å². The molecule has 0 radical (unpaired) electrons. The Bertz CT molecular complexity index is 586. The third-order valence-electron chi connectivity index (χ3n) is 3.46. The molecular formula is C16H22FN3O3. The highest BCUT2D eigenvalue weighted by atomic mass is 19.1. The molecule has 126 valence electrons. The van der Waals surface area contributed by atoms with Crippen molar-refractivity contribution < 1.29 is 18.7 Å². The number of anilines is 1. The first kappa shape index (κ1) is 17.2. The molecule has 0 aliphatic carbocycles. The van der Waals surface area contributed by atoms with Gasteiger partial charge in [0.05, 0.1) is 17.8 Å². The molecule has 0 aromatic carbocycles. The number of nitrogens with zero attached hydrogens (tertiary/aromatic N) is 2. The number of aromatic nitrogens is 1. The van der Waals surface area contributed by atoms with E-state index >= 15 is 0 Å². The van der Waals surface area contributed by atoms with Crippen LogP contribution in [0, 0.1) is 11.7 Å². The largest absolute Gasteiger partial charge is 0.460 e. The predicted molar refractivity (Wildman–Crippen MR) is 83.4 cm³/mol. The zero-order valence-electron chi connectivity index (χ0n) is 13.6. The number of amides is 2. The fourth-order valence-corrected chi connectivity index (χ4v) is 2.41. The fourth-order valence-electron chi connectivity index (χ4n) is 2.41. The van der Waals surface area contributed by atoms with Gasteiger partial charge in [0.1, 0.15) is 5.60 Å². The molecule has 1 atom stereocenters. The minimum Gasteiger partial charge on any atom is -0.460 e. The number of hydrogen-bond acceptors (Lipinski definition) is 4. The average molecular weight is 323 g/mol. The van der Waals surface area contributed by atoms with Gasteiger partial charge in [-0.3, -0.25) is 9.78 Å². The fraction of sp³-hybridized carbons (Fsp3) is 0.562. The molecule has 0 bridgehead atoms. The Hall–Kier alpha value is -2.18. The van der Waals surface area contributed by atoms with Gasteiger partial charge in [0, 0.05) is 19.3 Å². The molecule has 1 aromatic rings. The Morgan fingerprint density at radius 3 is 2.83 bits per heavy atom. The molecule has 1 saturated heterocycles. The Kier molecular flexibility index (Phi) is 5.18. The topological polar surface area (TPSA) is 71.5 Å². The number of carbonyl (C=O) groups is 2. The molecule has 1 fully saturated rings. The van der Waals surface area contributed by atoms with Gasteiger partial charge in [-0.05, 0) is 39.7 Å². The van der Waals surface area contributed by atoms with Crippen molar-refractivity contribution in [1.29, 1.82) is 0 Å². The van der Waals surface area contributed by atoms with Gasteiger partial charge in [0.25, 0.3) is 0 Å². The van der Waals surface area contributed by atoms with Gasteiger partial charge in [-0.15, -0.1) is 0 Å². The van der Waals surface area contributed by atoms with Crippen LogP contribution in [0.2, 0.25) is 0 Å². The lowest BCUT2D eigenvalue weighted by molar-refractivity contribution is -0.161. The third kappa shape index (κ3) is 4.91. The number of urea groups is 1. The van der Waals surface area contributed by atoms with Gasteiger partial charge in [0.2, 0.25) is 0 Å². The quantitative estimate of drug-likeness (QED) is 0.850. The first-order valence-corrected chi connectivity index (χ1v) is 7.64. The Balaban J connectivity index is 1.96. The standard InChI is InChI=1S/C16H22FN3O3/c1-16(2,3)23-14(21)11-5-4-8-20(10-11)15(22)19-13-6-7-18-9-12(13)17/h6-7,9,11H,4-5,8,10H2,1-3H3,(H,18,19,22)/t11-/m1/s1. The van der Waals surface area contributed by atoms with Crippen LogP contribution in [0.1, 0.15) is 33.6 Å². The van der Waals surface area contributed by atoms with Gasteiger partial charge >= 0.3 is 12.0 Å². The molecule has 0 unspecified atom stereocenters. The van der Waals surface area contributed by atoms with Gasteiger partial charge < -0.3 is 15.0 Å². The molecule has 1 aliphatic heterocycles. The highest BCUT2D eigenvalue weighted by Gasteiger charge is 2.31. The van der Waals surface area contributed by atoms with E-state index in [9.17, 15) is 14.0 Å². The maximum atomic E-state index is 13.5. The highest BCUT2D eigenvalue weighted by Crippen LogP contribution is 2.22. The van der Waals surface area contributed by atoms with Crippen molar-refractivity contribution in [2.45, 2.75) is 39.2 Å². The highest BCUT2D eigenvalue weighted by molar-refractivity contribution is 5.89. The zero-order valence-corrected chi connectivity index (χ0v) is 13.6. The number of likely N-dealkylation sites (tertiary alicyclic amines) is 1. The van der Waals surface area contributed by atoms with Crippen LogP contribution in [0.5, 0.6) is 0 Å². The first-order valence-electron chi connectivity index (χ1n) is 7.64. The normalized spacial score (nSPS) is 18.4. The summed E-state index contributed by atoms with van der Waals surface area (Å²) in [5.41, 5.74) is -0.480. The number of ether oxygens (including phenoxy) is 1. The average Bonchev–Trinajstić information content (AvgIpc) is 2.48. The number of halogens is 1. The minimum atomic E-state index is -0.596. The summed E-state index contributed by atoms with van der Waals surface area (Å²) in [5, 5.41) is 2.51. The van der Waals surface area contributed by atoms with Gasteiger partial charge in [-0.2, -0.15) is 0 Å². The molecule has 0 saturated carbocycles. The van der Waals surface area contributed by atoms with E-state index in [2.05, 4.69) is 10.3 Å². The van der Waals surface area contributed by atoms with E-state index in [1.807, 2.05) is 20.8 Å². The van der Waals surface area contributed by atoms with Crippen LogP contribution in [0.15, 0.2) is 18.5 Å². The number of hydrogen-bond donors (Lipinski definition) is 1. The zero-order chi connectivity index (χ0) is 17.0. The molecule has 2 rings (SSSR count). The lowest BCUT2D eigenvalue weighted by Gasteiger charge is -2.33. The van der Waals surface area contributed by atoms with Crippen molar-refractivity contribution >= 4 is 17.7 Å². The monoisotopic (exact) mass is 323 g/mol. The number of esters is 1. The van der Waals surface area contributed by atoms with E-state index in [4.69, 9.17) is 4.74 Å². The van der Waals surface area contributed by atoms with Crippen molar-refractivity contribution in [3.63, 3.8) is 0 Å². The number of nitrogens with one attached hydrogen (secondary N) is 1. The van der Waals surface area contributed by atoms with Gasteiger partial charge in [-0.25, -0.2) is 9.18 Å². The Morgan fingerprint density at radius 1 is 1.43 bits per heavy atom. The second-order valence-corrected chi connectivity index (χ2v) is 6.60. The second kappa shape index (κ2) is 6.93. The second-order valence-electron chi connectivity index (χ2n) is 6.60. The predicted octanol–water partition coefficient (Wildman–Crippen LogP) is 2.81. The Labute approximate surface area is 135 Å². The molecule has 1 aromatic heterocycles. The molecule has 1 N–H and O–H groups in total. The van der Waals surface area contributed by atoms with E-state index in [0.717, 1.165) is 6.20 Å². The summed E-state index contributed by atoms with van der Waals surface area (Å²) in [5.74, 6) is -1.25. The smallest absolute Gasteiger partial charge is 0.321 e. The molecule has 6 nitrogen and oxygen atoms in total. The molecule has 0 spiro atoms. The number of rotatable bonds is 2. The van der Waals surface area contributed by atoms with Crippen LogP contribution >= 0.6 is 0 Å². The summed E-state index contributed by atoms with van der Waals surface area (Å²) in [4.78, 5) is 29.5. The lowest BCUT2D eigenvalue weighted by Crippen LogP contribution is -2.45. The van der Waals surface area contributed by atoms with Crippen LogP contribution in [-0.4, -0.2) is 40.6 Å². The number of piperidine rings is 1. The van der Waals surface area contributed by atoms with Crippen LogP contribution in [0.3, 0.4) is 0 Å². The lowest BCUT2D eigenvalue weighted by atomic mass is 9.98. The molecule has 1 aliphatic rings. The SMILES string of the molecule is CC(C)(C)OC(=O)[C@@H]1CCCN(C(=O)Nc2ccncc2F)C1. The summed E-state index contributed by atoms with van der Waals surface area (Å²) in [6, 6.07) is 0.964. The summed E-state index contributed by atoms with van der Waals surface area (Å²) in [7, 11) is 0. The van der Waals surface area contributed by atoms with E-state index in [1.54, 1.807) is 0 Å². The summed E-state index contributed by atoms with van der Waals surface area (Å²) in [6.07, 6.45) is 3.83. The van der Waals surface area contributed by atoms with Crippen molar-refractivity contribution in [2.75, 3.05) is 18.4 Å². The summed E-state index contributed by atoms with van der Waals surface area (Å²) in [6.45, 7) is 6.23.